The lowest BCUT2D eigenvalue weighted by molar-refractivity contribution is 0.381. The van der Waals surface area contributed by atoms with Crippen LogP contribution in [0, 0.1) is 12.7 Å². The van der Waals surface area contributed by atoms with Gasteiger partial charge in [0.1, 0.15) is 5.82 Å². The van der Waals surface area contributed by atoms with Gasteiger partial charge < -0.3 is 4.52 Å². The molecule has 124 valence electrons. The van der Waals surface area contributed by atoms with E-state index < -0.39 is 15.8 Å². The Labute approximate surface area is 138 Å². The van der Waals surface area contributed by atoms with E-state index >= 15 is 0 Å². The van der Waals surface area contributed by atoms with Crippen LogP contribution >= 0.6 is 0 Å². The number of hydrogen-bond acceptors (Lipinski definition) is 5. The van der Waals surface area contributed by atoms with E-state index in [1.54, 1.807) is 31.2 Å². The Hall–Kier alpha value is -2.74. The van der Waals surface area contributed by atoms with Gasteiger partial charge >= 0.3 is 0 Å². The van der Waals surface area contributed by atoms with Gasteiger partial charge in [-0.3, -0.25) is 4.72 Å². The van der Waals surface area contributed by atoms with E-state index in [-0.39, 0.29) is 11.3 Å². The number of aromatic nitrogens is 2. The van der Waals surface area contributed by atoms with Gasteiger partial charge in [-0.15, -0.1) is 0 Å². The highest BCUT2D eigenvalue weighted by molar-refractivity contribution is 7.92. The van der Waals surface area contributed by atoms with Gasteiger partial charge in [0.2, 0.25) is 5.89 Å². The highest BCUT2D eigenvalue weighted by Crippen LogP contribution is 2.22. The first-order chi connectivity index (χ1) is 11.4. The first kappa shape index (κ1) is 16.1. The van der Waals surface area contributed by atoms with Gasteiger partial charge in [-0.1, -0.05) is 29.4 Å². The van der Waals surface area contributed by atoms with Crippen molar-refractivity contribution in [3.63, 3.8) is 0 Å². The van der Waals surface area contributed by atoms with E-state index in [9.17, 15) is 12.8 Å². The minimum atomic E-state index is -3.90. The molecule has 1 aromatic heterocycles. The van der Waals surface area contributed by atoms with Gasteiger partial charge in [-0.05, 0) is 36.8 Å². The smallest absolute Gasteiger partial charge is 0.262 e. The Balaban J connectivity index is 1.90. The molecule has 0 fully saturated rings. The van der Waals surface area contributed by atoms with Crippen molar-refractivity contribution in [2.24, 2.45) is 0 Å². The van der Waals surface area contributed by atoms with Crippen molar-refractivity contribution in [2.45, 2.75) is 18.2 Å². The molecule has 0 amide bonds. The number of aryl methyl sites for hydroxylation is 1. The lowest BCUT2D eigenvalue weighted by Gasteiger charge is -2.11. The van der Waals surface area contributed by atoms with Crippen molar-refractivity contribution in [2.75, 3.05) is 4.72 Å². The summed E-state index contributed by atoms with van der Waals surface area (Å²) < 4.78 is 45.7. The van der Waals surface area contributed by atoms with E-state index in [0.717, 1.165) is 6.07 Å². The summed E-state index contributed by atoms with van der Waals surface area (Å²) in [5.74, 6) is 0.264. The zero-order chi connectivity index (χ0) is 17.2. The molecule has 3 rings (SSSR count). The normalized spacial score (nSPS) is 11.4. The Morgan fingerprint density at radius 3 is 2.67 bits per heavy atom. The van der Waals surface area contributed by atoms with Crippen LogP contribution in [0.2, 0.25) is 0 Å². The molecule has 0 aliphatic heterocycles. The van der Waals surface area contributed by atoms with Crippen LogP contribution in [0.3, 0.4) is 0 Å². The van der Waals surface area contributed by atoms with Crippen molar-refractivity contribution in [3.8, 4) is 0 Å². The summed E-state index contributed by atoms with van der Waals surface area (Å²) in [5.41, 5.74) is 1.04. The maximum atomic E-state index is 13.3. The van der Waals surface area contributed by atoms with Crippen LogP contribution in [0.4, 0.5) is 10.1 Å². The molecule has 0 aliphatic carbocycles. The molecule has 1 heterocycles. The third-order valence-electron chi connectivity index (χ3n) is 3.28. The fraction of sp³-hybridized carbons (Fsp3) is 0.125. The number of para-hydroxylation sites is 1. The number of nitrogens with one attached hydrogen (secondary N) is 1. The van der Waals surface area contributed by atoms with Gasteiger partial charge in [0, 0.05) is 0 Å². The number of halogens is 1. The molecule has 1 N–H and O–H groups in total. The van der Waals surface area contributed by atoms with Crippen molar-refractivity contribution in [1.82, 2.24) is 10.1 Å². The Morgan fingerprint density at radius 1 is 1.17 bits per heavy atom. The summed E-state index contributed by atoms with van der Waals surface area (Å²) >= 11 is 0. The SMILES string of the molecule is Cc1noc(Cc2ccccc2NS(=O)(=O)c2cccc(F)c2)n1. The van der Waals surface area contributed by atoms with Crippen LogP contribution < -0.4 is 4.72 Å². The number of anilines is 1. The monoisotopic (exact) mass is 347 g/mol. The fourth-order valence-corrected chi connectivity index (χ4v) is 3.32. The molecule has 2 aromatic carbocycles. The Kier molecular flexibility index (Phi) is 4.30. The second-order valence-electron chi connectivity index (χ2n) is 5.13. The minimum absolute atomic E-state index is 0.147. The van der Waals surface area contributed by atoms with Crippen LogP contribution in [0.5, 0.6) is 0 Å². The lowest BCUT2D eigenvalue weighted by Crippen LogP contribution is -2.14. The molecule has 24 heavy (non-hydrogen) atoms. The maximum Gasteiger partial charge on any atom is 0.262 e. The van der Waals surface area contributed by atoms with Crippen LogP contribution in [0.15, 0.2) is 57.9 Å². The van der Waals surface area contributed by atoms with Crippen LogP contribution in [0.1, 0.15) is 17.3 Å². The summed E-state index contributed by atoms with van der Waals surface area (Å²) in [6, 6.07) is 11.7. The predicted molar refractivity (Wildman–Crippen MR) is 85.5 cm³/mol. The van der Waals surface area contributed by atoms with Crippen molar-refractivity contribution in [1.29, 1.82) is 0 Å². The van der Waals surface area contributed by atoms with Crippen LogP contribution in [-0.4, -0.2) is 18.6 Å². The number of benzene rings is 2. The van der Waals surface area contributed by atoms with Gasteiger partial charge in [-0.25, -0.2) is 12.8 Å². The van der Waals surface area contributed by atoms with Crippen molar-refractivity contribution in [3.05, 3.63) is 71.6 Å². The third-order valence-corrected chi connectivity index (χ3v) is 4.64. The molecule has 0 radical (unpaired) electrons. The average molecular weight is 347 g/mol. The number of sulfonamides is 1. The Morgan fingerprint density at radius 2 is 1.96 bits per heavy atom. The van der Waals surface area contributed by atoms with Crippen LogP contribution in [-0.2, 0) is 16.4 Å². The Bertz CT molecular complexity index is 970. The van der Waals surface area contributed by atoms with E-state index in [4.69, 9.17) is 4.52 Å². The van der Waals surface area contributed by atoms with E-state index in [0.29, 0.717) is 23.0 Å². The molecule has 0 aliphatic rings. The average Bonchev–Trinajstić information content (AvgIpc) is 2.94. The largest absolute Gasteiger partial charge is 0.339 e. The van der Waals surface area contributed by atoms with E-state index in [1.165, 1.54) is 18.2 Å². The maximum absolute atomic E-state index is 13.3. The van der Waals surface area contributed by atoms with Gasteiger partial charge in [0.15, 0.2) is 5.82 Å². The van der Waals surface area contributed by atoms with Gasteiger partial charge in [0.25, 0.3) is 10.0 Å². The first-order valence-corrected chi connectivity index (χ1v) is 8.58. The zero-order valence-corrected chi connectivity index (χ0v) is 13.5. The molecule has 8 heteroatoms. The quantitative estimate of drug-likeness (QED) is 0.767. The molecule has 3 aromatic rings. The summed E-state index contributed by atoms with van der Waals surface area (Å²) in [4.78, 5) is 3.96. The number of hydrogen-bond donors (Lipinski definition) is 1. The topological polar surface area (TPSA) is 85.1 Å². The summed E-state index contributed by atoms with van der Waals surface area (Å²) in [7, 11) is -3.90. The summed E-state index contributed by atoms with van der Waals surface area (Å²) in [6.07, 6.45) is 0.280. The number of rotatable bonds is 5. The molecule has 0 spiro atoms. The molecule has 0 unspecified atom stereocenters. The van der Waals surface area contributed by atoms with E-state index in [2.05, 4.69) is 14.9 Å². The molecule has 0 saturated carbocycles. The van der Waals surface area contributed by atoms with Crippen molar-refractivity contribution >= 4 is 15.7 Å². The standard InChI is InChI=1S/C16H14FN3O3S/c1-11-18-16(23-19-11)9-12-5-2-3-8-15(12)20-24(21,22)14-7-4-6-13(17)10-14/h2-8,10,20H,9H2,1H3. The molecule has 0 bridgehead atoms. The first-order valence-electron chi connectivity index (χ1n) is 7.09. The van der Waals surface area contributed by atoms with E-state index in [1.807, 2.05) is 0 Å². The van der Waals surface area contributed by atoms with Crippen LogP contribution in [0.25, 0.3) is 0 Å². The molecule has 6 nitrogen and oxygen atoms in total. The minimum Gasteiger partial charge on any atom is -0.339 e. The molecular weight excluding hydrogens is 333 g/mol. The summed E-state index contributed by atoms with van der Waals surface area (Å²) in [6.45, 7) is 1.70. The number of nitrogens with zero attached hydrogens (tertiary/aromatic N) is 2. The van der Waals surface area contributed by atoms with Crippen molar-refractivity contribution < 1.29 is 17.3 Å². The molecular formula is C16H14FN3O3S. The zero-order valence-electron chi connectivity index (χ0n) is 12.7. The highest BCUT2D eigenvalue weighted by atomic mass is 32.2. The second kappa shape index (κ2) is 6.40. The lowest BCUT2D eigenvalue weighted by atomic mass is 10.1. The predicted octanol–water partition coefficient (Wildman–Crippen LogP) is 2.91. The van der Waals surface area contributed by atoms with Gasteiger partial charge in [0.05, 0.1) is 17.0 Å². The second-order valence-corrected chi connectivity index (χ2v) is 6.81. The molecule has 0 atom stereocenters. The highest BCUT2D eigenvalue weighted by Gasteiger charge is 2.17. The fourth-order valence-electron chi connectivity index (χ4n) is 2.19. The summed E-state index contributed by atoms with van der Waals surface area (Å²) in [5, 5.41) is 3.71. The van der Waals surface area contributed by atoms with Gasteiger partial charge in [-0.2, -0.15) is 4.98 Å². The third kappa shape index (κ3) is 3.60. The molecule has 0 saturated heterocycles.